The van der Waals surface area contributed by atoms with E-state index in [2.05, 4.69) is 10.3 Å². The minimum atomic E-state index is -0.157. The van der Waals surface area contributed by atoms with Gasteiger partial charge in [-0.1, -0.05) is 42.5 Å². The van der Waals surface area contributed by atoms with Gasteiger partial charge in [-0.3, -0.25) is 10.1 Å². The second-order valence-electron chi connectivity index (χ2n) is 6.76. The standard InChI is InChI=1S/C23H22N2O2S.ClH/c26-22(25-23-24-20-8-4-5-9-21(20)28-23)15-12-17-10-13-19(14-11-17)27-16-18-6-2-1-3-7-18;/h1-3,6-7,10-15H,4-5,8-9,16H2,(H,24,25,26);1H/b15-12+;. The van der Waals surface area contributed by atoms with Crippen LogP contribution >= 0.6 is 23.7 Å². The van der Waals surface area contributed by atoms with Crippen LogP contribution in [0.5, 0.6) is 5.75 Å². The first-order chi connectivity index (χ1) is 13.8. The van der Waals surface area contributed by atoms with Crippen LogP contribution in [0.2, 0.25) is 0 Å². The normalized spacial score (nSPS) is 12.8. The third-order valence-corrected chi connectivity index (χ3v) is 5.70. The Kier molecular flexibility index (Phi) is 7.44. The minimum Gasteiger partial charge on any atom is -0.489 e. The van der Waals surface area contributed by atoms with Crippen molar-refractivity contribution in [1.29, 1.82) is 0 Å². The highest BCUT2D eigenvalue weighted by Crippen LogP contribution is 2.29. The summed E-state index contributed by atoms with van der Waals surface area (Å²) in [5.74, 6) is 0.648. The van der Waals surface area contributed by atoms with E-state index in [1.165, 1.54) is 17.7 Å². The molecule has 0 atom stereocenters. The van der Waals surface area contributed by atoms with Gasteiger partial charge in [-0.2, -0.15) is 0 Å². The molecular formula is C23H23ClN2O2S. The molecule has 1 aliphatic carbocycles. The van der Waals surface area contributed by atoms with Gasteiger partial charge in [-0.25, -0.2) is 4.98 Å². The molecule has 0 unspecified atom stereocenters. The summed E-state index contributed by atoms with van der Waals surface area (Å²) in [6.45, 7) is 0.538. The number of benzene rings is 2. The number of hydrogen-bond donors (Lipinski definition) is 1. The number of aryl methyl sites for hydroxylation is 2. The van der Waals surface area contributed by atoms with Crippen molar-refractivity contribution < 1.29 is 9.53 Å². The molecule has 29 heavy (non-hydrogen) atoms. The van der Waals surface area contributed by atoms with Crippen molar-refractivity contribution in [3.8, 4) is 5.75 Å². The number of ether oxygens (including phenoxy) is 1. The van der Waals surface area contributed by atoms with Gasteiger partial charge in [0.2, 0.25) is 5.91 Å². The summed E-state index contributed by atoms with van der Waals surface area (Å²) in [6, 6.07) is 17.8. The molecule has 0 bridgehead atoms. The second kappa shape index (κ2) is 10.2. The fourth-order valence-electron chi connectivity index (χ4n) is 3.14. The van der Waals surface area contributed by atoms with Crippen LogP contribution in [0.1, 0.15) is 34.5 Å². The number of anilines is 1. The summed E-state index contributed by atoms with van der Waals surface area (Å²) in [7, 11) is 0. The Labute approximate surface area is 181 Å². The maximum absolute atomic E-state index is 12.2. The molecule has 1 N–H and O–H groups in total. The highest BCUT2D eigenvalue weighted by atomic mass is 35.5. The molecule has 0 aliphatic heterocycles. The van der Waals surface area contributed by atoms with Gasteiger partial charge in [-0.05, 0) is 55.0 Å². The largest absolute Gasteiger partial charge is 0.489 e. The van der Waals surface area contributed by atoms with Crippen LogP contribution in [0.3, 0.4) is 0 Å². The van der Waals surface area contributed by atoms with Crippen LogP contribution < -0.4 is 10.1 Å². The highest BCUT2D eigenvalue weighted by Gasteiger charge is 2.15. The number of halogens is 1. The first-order valence-corrected chi connectivity index (χ1v) is 10.3. The smallest absolute Gasteiger partial charge is 0.250 e. The molecule has 0 saturated heterocycles. The van der Waals surface area contributed by atoms with Crippen molar-refractivity contribution in [1.82, 2.24) is 4.98 Å². The predicted octanol–water partition coefficient (Wildman–Crippen LogP) is 5.67. The molecule has 2 aromatic carbocycles. The molecule has 1 amide bonds. The number of nitrogens with zero attached hydrogens (tertiary/aromatic N) is 1. The quantitative estimate of drug-likeness (QED) is 0.516. The van der Waals surface area contributed by atoms with Gasteiger partial charge in [0.1, 0.15) is 12.4 Å². The third-order valence-electron chi connectivity index (χ3n) is 4.63. The number of hydrogen-bond acceptors (Lipinski definition) is 4. The number of fused-ring (bicyclic) bond motifs is 1. The molecule has 4 rings (SSSR count). The van der Waals surface area contributed by atoms with Gasteiger partial charge in [0.15, 0.2) is 5.13 Å². The van der Waals surface area contributed by atoms with Crippen molar-refractivity contribution in [3.63, 3.8) is 0 Å². The molecule has 0 saturated carbocycles. The van der Waals surface area contributed by atoms with Crippen LogP contribution in [0, 0.1) is 0 Å². The predicted molar refractivity (Wildman–Crippen MR) is 121 cm³/mol. The summed E-state index contributed by atoms with van der Waals surface area (Å²) in [6.07, 6.45) is 7.85. The highest BCUT2D eigenvalue weighted by molar-refractivity contribution is 7.15. The Balaban J connectivity index is 0.00000240. The first kappa shape index (κ1) is 21.1. The Bertz CT molecular complexity index is 945. The molecule has 0 fully saturated rings. The summed E-state index contributed by atoms with van der Waals surface area (Å²) in [4.78, 5) is 18.0. The monoisotopic (exact) mass is 426 g/mol. The van der Waals surface area contributed by atoms with E-state index in [1.54, 1.807) is 23.5 Å². The summed E-state index contributed by atoms with van der Waals surface area (Å²) in [5, 5.41) is 3.58. The minimum absolute atomic E-state index is 0. The topological polar surface area (TPSA) is 51.2 Å². The Morgan fingerprint density at radius 2 is 1.83 bits per heavy atom. The zero-order chi connectivity index (χ0) is 19.2. The fraction of sp³-hybridized carbons (Fsp3) is 0.217. The van der Waals surface area contributed by atoms with E-state index in [0.717, 1.165) is 35.4 Å². The molecule has 3 aromatic rings. The van der Waals surface area contributed by atoms with Gasteiger partial charge in [0.05, 0.1) is 5.69 Å². The number of amides is 1. The van der Waals surface area contributed by atoms with Crippen LogP contribution in [0.15, 0.2) is 60.7 Å². The van der Waals surface area contributed by atoms with Gasteiger partial charge in [-0.15, -0.1) is 23.7 Å². The summed E-state index contributed by atoms with van der Waals surface area (Å²) < 4.78 is 5.78. The van der Waals surface area contributed by atoms with Crippen LogP contribution in [-0.2, 0) is 24.2 Å². The van der Waals surface area contributed by atoms with E-state index in [9.17, 15) is 4.79 Å². The molecule has 4 nitrogen and oxygen atoms in total. The molecule has 1 heterocycles. The van der Waals surface area contributed by atoms with Crippen molar-refractivity contribution in [2.75, 3.05) is 5.32 Å². The first-order valence-electron chi connectivity index (χ1n) is 9.51. The zero-order valence-electron chi connectivity index (χ0n) is 16.0. The van der Waals surface area contributed by atoms with Crippen LogP contribution in [0.4, 0.5) is 5.13 Å². The molecule has 0 spiro atoms. The van der Waals surface area contributed by atoms with Gasteiger partial charge in [0.25, 0.3) is 0 Å². The number of aromatic nitrogens is 1. The van der Waals surface area contributed by atoms with E-state index in [4.69, 9.17) is 4.74 Å². The average Bonchev–Trinajstić information content (AvgIpc) is 3.14. The number of carbonyl (C=O) groups is 1. The van der Waals surface area contributed by atoms with E-state index in [1.807, 2.05) is 54.6 Å². The second-order valence-corrected chi connectivity index (χ2v) is 7.85. The molecule has 1 aromatic heterocycles. The van der Waals surface area contributed by atoms with Crippen molar-refractivity contribution in [2.45, 2.75) is 32.3 Å². The summed E-state index contributed by atoms with van der Waals surface area (Å²) >= 11 is 1.60. The lowest BCUT2D eigenvalue weighted by Gasteiger charge is -2.06. The fourth-order valence-corrected chi connectivity index (χ4v) is 4.19. The van der Waals surface area contributed by atoms with Crippen molar-refractivity contribution in [2.24, 2.45) is 0 Å². The van der Waals surface area contributed by atoms with Gasteiger partial charge >= 0.3 is 0 Å². The molecule has 6 heteroatoms. The van der Waals surface area contributed by atoms with E-state index in [0.29, 0.717) is 11.7 Å². The number of carbonyl (C=O) groups excluding carboxylic acids is 1. The zero-order valence-corrected chi connectivity index (χ0v) is 17.6. The lowest BCUT2D eigenvalue weighted by molar-refractivity contribution is -0.111. The number of rotatable bonds is 6. The maximum Gasteiger partial charge on any atom is 0.250 e. The van der Waals surface area contributed by atoms with E-state index < -0.39 is 0 Å². The average molecular weight is 427 g/mol. The molecule has 150 valence electrons. The van der Waals surface area contributed by atoms with Crippen LogP contribution in [-0.4, -0.2) is 10.9 Å². The van der Waals surface area contributed by atoms with E-state index in [-0.39, 0.29) is 18.3 Å². The number of nitrogens with one attached hydrogen (secondary N) is 1. The molecule has 1 aliphatic rings. The van der Waals surface area contributed by atoms with Crippen LogP contribution in [0.25, 0.3) is 6.08 Å². The Morgan fingerprint density at radius 1 is 1.07 bits per heavy atom. The van der Waals surface area contributed by atoms with E-state index >= 15 is 0 Å². The molecule has 0 radical (unpaired) electrons. The third kappa shape index (κ3) is 5.92. The maximum atomic E-state index is 12.2. The molecular weight excluding hydrogens is 404 g/mol. The van der Waals surface area contributed by atoms with Crippen molar-refractivity contribution in [3.05, 3.63) is 82.4 Å². The lowest BCUT2D eigenvalue weighted by atomic mass is 10.0. The van der Waals surface area contributed by atoms with Gasteiger partial charge < -0.3 is 4.74 Å². The summed E-state index contributed by atoms with van der Waals surface area (Å²) in [5.41, 5.74) is 3.23. The lowest BCUT2D eigenvalue weighted by Crippen LogP contribution is -2.07. The van der Waals surface area contributed by atoms with Crippen molar-refractivity contribution >= 4 is 40.9 Å². The van der Waals surface area contributed by atoms with Gasteiger partial charge in [0, 0.05) is 11.0 Å². The SMILES string of the molecule is Cl.O=C(/C=C/c1ccc(OCc2ccccc2)cc1)Nc1nc2c(s1)CCCC2. The number of thiazole rings is 1. The Morgan fingerprint density at radius 3 is 2.59 bits per heavy atom. The Hall–Kier alpha value is -2.63.